The molecule has 0 amide bonds. The van der Waals surface area contributed by atoms with Gasteiger partial charge in [-0.1, -0.05) is 18.2 Å². The molecule has 31 heavy (non-hydrogen) atoms. The van der Waals surface area contributed by atoms with Gasteiger partial charge in [0.05, 0.1) is 17.0 Å². The Hall–Kier alpha value is -2.68. The first-order valence-corrected chi connectivity index (χ1v) is 11.8. The van der Waals surface area contributed by atoms with Crippen LogP contribution in [0.5, 0.6) is 5.75 Å². The third kappa shape index (κ3) is 3.64. The van der Waals surface area contributed by atoms with E-state index >= 15 is 0 Å². The average molecular weight is 441 g/mol. The van der Waals surface area contributed by atoms with Crippen LogP contribution in [0, 0.1) is 6.92 Å². The quantitative estimate of drug-likeness (QED) is 0.609. The van der Waals surface area contributed by atoms with Crippen LogP contribution in [0.3, 0.4) is 0 Å². The van der Waals surface area contributed by atoms with Crippen molar-refractivity contribution in [2.45, 2.75) is 30.9 Å². The lowest BCUT2D eigenvalue weighted by atomic mass is 10.1. The molecule has 1 aromatic heterocycles. The summed E-state index contributed by atoms with van der Waals surface area (Å²) in [4.78, 5) is 12.5. The van der Waals surface area contributed by atoms with Crippen LogP contribution < -0.4 is 10.3 Å². The molecule has 3 heterocycles. The summed E-state index contributed by atoms with van der Waals surface area (Å²) in [5.74, 6) is 0.727. The van der Waals surface area contributed by atoms with Crippen molar-refractivity contribution >= 4 is 20.9 Å². The van der Waals surface area contributed by atoms with E-state index < -0.39 is 10.0 Å². The standard InChI is InChI=1S/C23H24N2O5S/c1-16-11-22(26)25-8-7-17-12-20(13-21(16)23(17)25)31(27,28)24-9-10-29-19(14-24)15-30-18-5-3-2-4-6-18/h2-6,11-13,19H,7-10,14-15H2,1H3/t19-/m1/s1. The minimum Gasteiger partial charge on any atom is -0.491 e. The van der Waals surface area contributed by atoms with Crippen molar-refractivity contribution in [1.82, 2.24) is 8.87 Å². The molecule has 1 atom stereocenters. The Morgan fingerprint density at radius 2 is 1.94 bits per heavy atom. The van der Waals surface area contributed by atoms with E-state index in [1.807, 2.05) is 37.3 Å². The number of nitrogens with zero attached hydrogens (tertiary/aromatic N) is 2. The molecule has 0 spiro atoms. The number of aromatic nitrogens is 1. The molecular weight excluding hydrogens is 416 g/mol. The third-order valence-electron chi connectivity index (χ3n) is 5.99. The van der Waals surface area contributed by atoms with Crippen LogP contribution in [0.25, 0.3) is 10.9 Å². The lowest BCUT2D eigenvalue weighted by Gasteiger charge is -2.32. The normalized spacial score (nSPS) is 19.1. The van der Waals surface area contributed by atoms with Crippen molar-refractivity contribution in [3.8, 4) is 5.75 Å². The molecule has 0 bridgehead atoms. The number of hydrogen-bond acceptors (Lipinski definition) is 5. The summed E-state index contributed by atoms with van der Waals surface area (Å²) < 4.78 is 41.7. The molecule has 3 aromatic rings. The van der Waals surface area contributed by atoms with Crippen LogP contribution in [0.15, 0.2) is 58.2 Å². The molecule has 0 N–H and O–H groups in total. The van der Waals surface area contributed by atoms with Crippen LogP contribution in [-0.2, 0) is 27.7 Å². The fourth-order valence-corrected chi connectivity index (χ4v) is 5.93. The van der Waals surface area contributed by atoms with Crippen LogP contribution in [0.1, 0.15) is 11.1 Å². The molecular formula is C23H24N2O5S. The number of sulfonamides is 1. The predicted molar refractivity (Wildman–Crippen MR) is 117 cm³/mol. The second-order valence-corrected chi connectivity index (χ2v) is 9.96. The van der Waals surface area contributed by atoms with Crippen LogP contribution >= 0.6 is 0 Å². The van der Waals surface area contributed by atoms with Gasteiger partial charge in [0.2, 0.25) is 10.0 Å². The maximum Gasteiger partial charge on any atom is 0.251 e. The van der Waals surface area contributed by atoms with Crippen molar-refractivity contribution < 1.29 is 17.9 Å². The SMILES string of the molecule is Cc1cc(=O)n2c3c(cc(S(=O)(=O)N4CCO[C@@H](COc5ccccc5)C4)cc13)CC2. The molecule has 5 rings (SSSR count). The number of benzene rings is 2. The van der Waals surface area contributed by atoms with Gasteiger partial charge in [-0.3, -0.25) is 4.79 Å². The van der Waals surface area contributed by atoms with Gasteiger partial charge in [-0.05, 0) is 48.7 Å². The summed E-state index contributed by atoms with van der Waals surface area (Å²) in [5.41, 5.74) is 2.54. The molecule has 7 nitrogen and oxygen atoms in total. The molecule has 0 unspecified atom stereocenters. The summed E-state index contributed by atoms with van der Waals surface area (Å²) >= 11 is 0. The van der Waals surface area contributed by atoms with E-state index in [9.17, 15) is 13.2 Å². The maximum atomic E-state index is 13.5. The summed E-state index contributed by atoms with van der Waals surface area (Å²) in [5, 5.41) is 0.824. The van der Waals surface area contributed by atoms with Gasteiger partial charge >= 0.3 is 0 Å². The number of pyridine rings is 1. The zero-order valence-electron chi connectivity index (χ0n) is 17.3. The minimum atomic E-state index is -3.70. The van der Waals surface area contributed by atoms with Crippen LogP contribution in [0.4, 0.5) is 0 Å². The van der Waals surface area contributed by atoms with Gasteiger partial charge in [0.1, 0.15) is 18.5 Å². The van der Waals surface area contributed by atoms with E-state index in [0.717, 1.165) is 27.8 Å². The highest BCUT2D eigenvalue weighted by Gasteiger charge is 2.32. The van der Waals surface area contributed by atoms with Gasteiger partial charge in [-0.2, -0.15) is 4.31 Å². The number of hydrogen-bond donors (Lipinski definition) is 0. The lowest BCUT2D eigenvalue weighted by Crippen LogP contribution is -2.47. The Kier molecular flexibility index (Phi) is 5.08. The second kappa shape index (κ2) is 7.78. The first kappa shape index (κ1) is 20.2. The van der Waals surface area contributed by atoms with E-state index in [4.69, 9.17) is 9.47 Å². The van der Waals surface area contributed by atoms with E-state index in [1.165, 1.54) is 4.31 Å². The number of rotatable bonds is 5. The van der Waals surface area contributed by atoms with Crippen molar-refractivity contribution in [3.05, 3.63) is 70.0 Å². The smallest absolute Gasteiger partial charge is 0.251 e. The zero-order chi connectivity index (χ0) is 21.6. The first-order valence-electron chi connectivity index (χ1n) is 10.4. The summed E-state index contributed by atoms with van der Waals surface area (Å²) in [7, 11) is -3.70. The number of morpholine rings is 1. The second-order valence-electron chi connectivity index (χ2n) is 8.03. The number of ether oxygens (including phenoxy) is 2. The minimum absolute atomic E-state index is 0.0335. The predicted octanol–water partition coefficient (Wildman–Crippen LogP) is 2.33. The summed E-state index contributed by atoms with van der Waals surface area (Å²) in [6, 6.07) is 14.4. The van der Waals surface area contributed by atoms with Crippen LogP contribution in [0.2, 0.25) is 0 Å². The van der Waals surface area contributed by atoms with Gasteiger partial charge in [0, 0.05) is 31.1 Å². The van der Waals surface area contributed by atoms with E-state index in [1.54, 1.807) is 22.8 Å². The third-order valence-corrected chi connectivity index (χ3v) is 7.83. The Labute approximate surface area is 180 Å². The highest BCUT2D eigenvalue weighted by molar-refractivity contribution is 7.89. The van der Waals surface area contributed by atoms with Gasteiger partial charge in [-0.25, -0.2) is 8.42 Å². The van der Waals surface area contributed by atoms with Crippen molar-refractivity contribution in [2.75, 3.05) is 26.3 Å². The van der Waals surface area contributed by atoms with E-state index in [-0.39, 0.29) is 29.7 Å². The Balaban J connectivity index is 1.41. The molecule has 2 aromatic carbocycles. The molecule has 0 saturated carbocycles. The van der Waals surface area contributed by atoms with Gasteiger partial charge in [0.15, 0.2) is 0 Å². The highest BCUT2D eigenvalue weighted by atomic mass is 32.2. The average Bonchev–Trinajstić information content (AvgIpc) is 3.22. The Morgan fingerprint density at radius 3 is 2.74 bits per heavy atom. The maximum absolute atomic E-state index is 13.5. The monoisotopic (exact) mass is 440 g/mol. The number of aryl methyl sites for hydroxylation is 3. The fraction of sp³-hybridized carbons (Fsp3) is 0.348. The summed E-state index contributed by atoms with van der Waals surface area (Å²) in [6.07, 6.45) is 0.320. The molecule has 1 fully saturated rings. The molecule has 8 heteroatoms. The van der Waals surface area contributed by atoms with Crippen molar-refractivity contribution in [2.24, 2.45) is 0 Å². The first-order chi connectivity index (χ1) is 14.9. The van der Waals surface area contributed by atoms with Gasteiger partial charge in [0.25, 0.3) is 5.56 Å². The Morgan fingerprint density at radius 1 is 1.13 bits per heavy atom. The van der Waals surface area contributed by atoms with Crippen LogP contribution in [-0.4, -0.2) is 49.7 Å². The summed E-state index contributed by atoms with van der Waals surface area (Å²) in [6.45, 7) is 3.58. The van der Waals surface area contributed by atoms with Crippen molar-refractivity contribution in [1.29, 1.82) is 0 Å². The van der Waals surface area contributed by atoms with Gasteiger partial charge in [-0.15, -0.1) is 0 Å². The topological polar surface area (TPSA) is 77.8 Å². The molecule has 0 radical (unpaired) electrons. The van der Waals surface area contributed by atoms with E-state index in [0.29, 0.717) is 26.1 Å². The number of para-hydroxylation sites is 1. The molecule has 162 valence electrons. The van der Waals surface area contributed by atoms with E-state index in [2.05, 4.69) is 0 Å². The molecule has 2 aliphatic rings. The molecule has 0 aliphatic carbocycles. The largest absolute Gasteiger partial charge is 0.491 e. The zero-order valence-corrected chi connectivity index (χ0v) is 18.1. The fourth-order valence-electron chi connectivity index (χ4n) is 4.40. The highest BCUT2D eigenvalue weighted by Crippen LogP contribution is 2.31. The van der Waals surface area contributed by atoms with Crippen molar-refractivity contribution in [3.63, 3.8) is 0 Å². The molecule has 2 aliphatic heterocycles. The lowest BCUT2D eigenvalue weighted by molar-refractivity contribution is -0.0249. The molecule has 1 saturated heterocycles. The Bertz CT molecular complexity index is 1300. The van der Waals surface area contributed by atoms with Gasteiger partial charge < -0.3 is 14.0 Å².